The number of aromatic nitrogens is 1. The predicted molar refractivity (Wildman–Crippen MR) is 95.9 cm³/mol. The molecule has 2 rings (SSSR count). The van der Waals surface area contributed by atoms with Crippen molar-refractivity contribution < 1.29 is 13.2 Å². The number of unbranched alkanes of at least 4 members (excludes halogenated alkanes) is 1. The molecule has 0 aliphatic heterocycles. The van der Waals surface area contributed by atoms with Crippen LogP contribution in [0.2, 0.25) is 0 Å². The molecule has 0 unspecified atom stereocenters. The van der Waals surface area contributed by atoms with Crippen LogP contribution in [0, 0.1) is 0 Å². The van der Waals surface area contributed by atoms with Gasteiger partial charge < -0.3 is 15.6 Å². The van der Waals surface area contributed by atoms with E-state index in [0.717, 1.165) is 11.9 Å². The van der Waals surface area contributed by atoms with E-state index in [1.165, 1.54) is 10.9 Å². The van der Waals surface area contributed by atoms with E-state index in [1.807, 2.05) is 31.3 Å². The highest BCUT2D eigenvalue weighted by molar-refractivity contribution is 5.83. The molecule has 2 aromatic rings. The van der Waals surface area contributed by atoms with Gasteiger partial charge in [-0.1, -0.05) is 18.2 Å². The van der Waals surface area contributed by atoms with Gasteiger partial charge >= 0.3 is 6.18 Å². The molecule has 0 atom stereocenters. The molecule has 0 amide bonds. The zero-order valence-corrected chi connectivity index (χ0v) is 14.4. The monoisotopic (exact) mass is 354 g/mol. The topological polar surface area (TPSA) is 52.2 Å². The molecule has 1 aromatic heterocycles. The summed E-state index contributed by atoms with van der Waals surface area (Å²) in [5.74, 6) is 0.648. The number of nitrogens with zero attached hydrogens (tertiary/aromatic N) is 1. The van der Waals surface area contributed by atoms with Gasteiger partial charge in [0, 0.05) is 43.2 Å². The quantitative estimate of drug-likeness (QED) is 0.381. The second-order valence-corrected chi connectivity index (χ2v) is 5.87. The zero-order valence-electron chi connectivity index (χ0n) is 14.4. The van der Waals surface area contributed by atoms with Crippen LogP contribution in [-0.2, 0) is 6.42 Å². The second kappa shape index (κ2) is 9.34. The summed E-state index contributed by atoms with van der Waals surface area (Å²) >= 11 is 0. The molecule has 4 nitrogen and oxygen atoms in total. The number of fused-ring (bicyclic) bond motifs is 1. The molecule has 0 radical (unpaired) electrons. The number of aliphatic imine (C=N–C) groups is 1. The fourth-order valence-electron chi connectivity index (χ4n) is 2.62. The minimum absolute atomic E-state index is 0.113. The number of halogens is 3. The maximum atomic E-state index is 12.1. The standard InChI is InChI=1S/C18H25F3N4/c1-2-22-17(23-11-6-5-10-18(19,20)21)24-12-9-14-13-25-16-8-4-3-7-15(14)16/h3-4,7-8,13,25H,2,5-6,9-12H2,1H3,(H2,22,23,24). The first-order valence-corrected chi connectivity index (χ1v) is 8.63. The number of aromatic amines is 1. The number of nitrogens with one attached hydrogen (secondary N) is 3. The van der Waals surface area contributed by atoms with E-state index in [2.05, 4.69) is 26.7 Å². The number of guanidine groups is 1. The van der Waals surface area contributed by atoms with Crippen LogP contribution in [0.1, 0.15) is 31.7 Å². The number of hydrogen-bond acceptors (Lipinski definition) is 1. The fraction of sp³-hybridized carbons (Fsp3) is 0.500. The second-order valence-electron chi connectivity index (χ2n) is 5.87. The first-order valence-electron chi connectivity index (χ1n) is 8.63. The Morgan fingerprint density at radius 2 is 1.96 bits per heavy atom. The number of benzene rings is 1. The Morgan fingerprint density at radius 1 is 1.16 bits per heavy atom. The highest BCUT2D eigenvalue weighted by Crippen LogP contribution is 2.22. The maximum Gasteiger partial charge on any atom is 0.389 e. The maximum absolute atomic E-state index is 12.1. The number of hydrogen-bond donors (Lipinski definition) is 3. The fourth-order valence-corrected chi connectivity index (χ4v) is 2.62. The molecule has 1 heterocycles. The minimum atomic E-state index is -4.08. The van der Waals surface area contributed by atoms with Crippen molar-refractivity contribution in [2.24, 2.45) is 4.99 Å². The molecular weight excluding hydrogens is 329 g/mol. The van der Waals surface area contributed by atoms with Crippen molar-refractivity contribution in [1.29, 1.82) is 0 Å². The average Bonchev–Trinajstić information content (AvgIpc) is 2.97. The smallest absolute Gasteiger partial charge is 0.361 e. The molecule has 25 heavy (non-hydrogen) atoms. The van der Waals surface area contributed by atoms with Crippen molar-refractivity contribution in [3.63, 3.8) is 0 Å². The van der Waals surface area contributed by atoms with Crippen molar-refractivity contribution in [2.75, 3.05) is 19.6 Å². The lowest BCUT2D eigenvalue weighted by Gasteiger charge is -2.11. The molecule has 0 fully saturated rings. The van der Waals surface area contributed by atoms with Gasteiger partial charge in [0.2, 0.25) is 0 Å². The SMILES string of the molecule is CCNC(=NCCCCC(F)(F)F)NCCc1c[nH]c2ccccc12. The van der Waals surface area contributed by atoms with Crippen molar-refractivity contribution in [1.82, 2.24) is 15.6 Å². The Morgan fingerprint density at radius 3 is 2.72 bits per heavy atom. The highest BCUT2D eigenvalue weighted by atomic mass is 19.4. The molecule has 0 spiro atoms. The Labute approximate surface area is 145 Å². The van der Waals surface area contributed by atoms with E-state index in [0.29, 0.717) is 32.0 Å². The van der Waals surface area contributed by atoms with Crippen LogP contribution in [0.15, 0.2) is 35.5 Å². The van der Waals surface area contributed by atoms with Gasteiger partial charge in [0.25, 0.3) is 0 Å². The summed E-state index contributed by atoms with van der Waals surface area (Å²) < 4.78 is 36.3. The van der Waals surface area contributed by atoms with Crippen LogP contribution >= 0.6 is 0 Å². The molecule has 3 N–H and O–H groups in total. The van der Waals surface area contributed by atoms with E-state index in [-0.39, 0.29) is 6.42 Å². The van der Waals surface area contributed by atoms with Gasteiger partial charge in [-0.15, -0.1) is 0 Å². The summed E-state index contributed by atoms with van der Waals surface area (Å²) in [5.41, 5.74) is 2.34. The summed E-state index contributed by atoms with van der Waals surface area (Å²) in [5, 5.41) is 7.56. The number of alkyl halides is 3. The Bertz CT molecular complexity index is 676. The number of para-hydroxylation sites is 1. The number of rotatable bonds is 8. The van der Waals surface area contributed by atoms with Crippen LogP contribution in [0.3, 0.4) is 0 Å². The molecule has 1 aromatic carbocycles. The Balaban J connectivity index is 1.77. The lowest BCUT2D eigenvalue weighted by Crippen LogP contribution is -2.38. The van der Waals surface area contributed by atoms with Gasteiger partial charge in [-0.25, -0.2) is 0 Å². The summed E-state index contributed by atoms with van der Waals surface area (Å²) in [4.78, 5) is 7.58. The van der Waals surface area contributed by atoms with Crippen molar-refractivity contribution in [2.45, 2.75) is 38.8 Å². The largest absolute Gasteiger partial charge is 0.389 e. The first kappa shape index (κ1) is 19.1. The van der Waals surface area contributed by atoms with Crippen LogP contribution < -0.4 is 10.6 Å². The van der Waals surface area contributed by atoms with Crippen molar-refractivity contribution >= 4 is 16.9 Å². The van der Waals surface area contributed by atoms with E-state index >= 15 is 0 Å². The lowest BCUT2D eigenvalue weighted by atomic mass is 10.1. The third kappa shape index (κ3) is 6.68. The van der Waals surface area contributed by atoms with E-state index < -0.39 is 12.6 Å². The van der Waals surface area contributed by atoms with Crippen LogP contribution in [-0.4, -0.2) is 36.8 Å². The predicted octanol–water partition coefficient (Wildman–Crippen LogP) is 4.00. The summed E-state index contributed by atoms with van der Waals surface area (Å²) in [6.07, 6.45) is -1.44. The van der Waals surface area contributed by atoms with Gasteiger partial charge in [0.1, 0.15) is 0 Å². The van der Waals surface area contributed by atoms with Crippen molar-refractivity contribution in [3.8, 4) is 0 Å². The molecule has 138 valence electrons. The van der Waals surface area contributed by atoms with Crippen LogP contribution in [0.5, 0.6) is 0 Å². The summed E-state index contributed by atoms with van der Waals surface area (Å²) in [7, 11) is 0. The lowest BCUT2D eigenvalue weighted by molar-refractivity contribution is -0.135. The Kier molecular flexibility index (Phi) is 7.16. The van der Waals surface area contributed by atoms with Gasteiger partial charge in [-0.2, -0.15) is 13.2 Å². The molecule has 0 saturated heterocycles. The average molecular weight is 354 g/mol. The molecule has 7 heteroatoms. The van der Waals surface area contributed by atoms with Crippen LogP contribution in [0.4, 0.5) is 13.2 Å². The normalized spacial score (nSPS) is 12.6. The summed E-state index contributed by atoms with van der Waals surface area (Å²) in [6, 6.07) is 8.13. The molecule has 0 aliphatic rings. The molecule has 0 aliphatic carbocycles. The van der Waals surface area contributed by atoms with Crippen molar-refractivity contribution in [3.05, 3.63) is 36.0 Å². The van der Waals surface area contributed by atoms with Gasteiger partial charge in [-0.05, 0) is 37.8 Å². The highest BCUT2D eigenvalue weighted by Gasteiger charge is 2.25. The van der Waals surface area contributed by atoms with E-state index in [1.54, 1.807) is 0 Å². The van der Waals surface area contributed by atoms with Crippen LogP contribution in [0.25, 0.3) is 10.9 Å². The minimum Gasteiger partial charge on any atom is -0.361 e. The van der Waals surface area contributed by atoms with Gasteiger partial charge in [-0.3, -0.25) is 4.99 Å². The number of H-pyrrole nitrogens is 1. The third-order valence-electron chi connectivity index (χ3n) is 3.84. The Hall–Kier alpha value is -2.18. The molecule has 0 saturated carbocycles. The third-order valence-corrected chi connectivity index (χ3v) is 3.84. The zero-order chi connectivity index (χ0) is 18.1. The summed E-state index contributed by atoms with van der Waals surface area (Å²) in [6.45, 7) is 3.76. The molecule has 0 bridgehead atoms. The molecular formula is C18H25F3N4. The van der Waals surface area contributed by atoms with E-state index in [4.69, 9.17) is 0 Å². The van der Waals surface area contributed by atoms with Gasteiger partial charge in [0.05, 0.1) is 0 Å². The van der Waals surface area contributed by atoms with E-state index in [9.17, 15) is 13.2 Å². The first-order chi connectivity index (χ1) is 12.0. The van der Waals surface area contributed by atoms with Gasteiger partial charge in [0.15, 0.2) is 5.96 Å².